The van der Waals surface area contributed by atoms with Crippen LogP contribution in [-0.4, -0.2) is 23.1 Å². The normalized spacial score (nSPS) is 10.7. The summed E-state index contributed by atoms with van der Waals surface area (Å²) in [6.07, 6.45) is 3.41. The van der Waals surface area contributed by atoms with Gasteiger partial charge in [-0.3, -0.25) is 9.59 Å². The van der Waals surface area contributed by atoms with E-state index in [4.69, 9.17) is 4.74 Å². The van der Waals surface area contributed by atoms with Crippen molar-refractivity contribution in [2.24, 2.45) is 0 Å². The molecule has 29 heavy (non-hydrogen) atoms. The molecular formula is C23H24N2O4. The fourth-order valence-corrected chi connectivity index (χ4v) is 3.00. The van der Waals surface area contributed by atoms with Crippen molar-refractivity contribution in [2.45, 2.75) is 33.2 Å². The van der Waals surface area contributed by atoms with Crippen LogP contribution in [-0.2, 0) is 16.1 Å². The molecule has 0 unspecified atom stereocenters. The third-order valence-electron chi connectivity index (χ3n) is 4.58. The largest absolute Gasteiger partial charge is 0.462 e. The van der Waals surface area contributed by atoms with Crippen LogP contribution in [0.1, 0.15) is 35.7 Å². The van der Waals surface area contributed by atoms with Crippen LogP contribution in [0.25, 0.3) is 10.9 Å². The van der Waals surface area contributed by atoms with Gasteiger partial charge in [0.2, 0.25) is 5.91 Å². The van der Waals surface area contributed by atoms with Gasteiger partial charge in [0, 0.05) is 23.3 Å². The molecule has 0 aliphatic heterocycles. The first kappa shape index (κ1) is 20.3. The van der Waals surface area contributed by atoms with Crippen molar-refractivity contribution < 1.29 is 14.3 Å². The molecule has 1 aromatic heterocycles. The van der Waals surface area contributed by atoms with Gasteiger partial charge in [-0.25, -0.2) is 4.79 Å². The number of amides is 1. The number of hydrogen-bond acceptors (Lipinski definition) is 4. The Hall–Kier alpha value is -3.41. The monoisotopic (exact) mass is 392 g/mol. The maximum Gasteiger partial charge on any atom is 0.338 e. The highest BCUT2D eigenvalue weighted by Gasteiger charge is 2.10. The van der Waals surface area contributed by atoms with E-state index < -0.39 is 0 Å². The number of fused-ring (bicyclic) bond motifs is 1. The number of anilines is 1. The number of aromatic nitrogens is 1. The van der Waals surface area contributed by atoms with Crippen LogP contribution in [0.15, 0.2) is 59.5 Å². The minimum atomic E-state index is -0.369. The van der Waals surface area contributed by atoms with Gasteiger partial charge in [-0.2, -0.15) is 0 Å². The highest BCUT2D eigenvalue weighted by Crippen LogP contribution is 2.14. The SMILES string of the molecule is CCCCOC(=O)c1ccc(NC(=O)Cn2ccc(=O)c3cc(C)ccc32)cc1. The zero-order valence-electron chi connectivity index (χ0n) is 16.6. The number of nitrogens with one attached hydrogen (secondary N) is 1. The number of unbranched alkanes of at least 4 members (excludes halogenated alkanes) is 1. The molecule has 2 aromatic carbocycles. The number of nitrogens with zero attached hydrogens (tertiary/aromatic N) is 1. The Morgan fingerprint density at radius 3 is 2.55 bits per heavy atom. The number of hydrogen-bond donors (Lipinski definition) is 1. The van der Waals surface area contributed by atoms with E-state index in [-0.39, 0.29) is 23.9 Å². The van der Waals surface area contributed by atoms with E-state index in [9.17, 15) is 14.4 Å². The molecule has 0 aliphatic carbocycles. The van der Waals surface area contributed by atoms with Gasteiger partial charge in [-0.15, -0.1) is 0 Å². The van der Waals surface area contributed by atoms with E-state index in [2.05, 4.69) is 5.32 Å². The summed E-state index contributed by atoms with van der Waals surface area (Å²) in [5, 5.41) is 3.40. The van der Waals surface area contributed by atoms with Crippen molar-refractivity contribution in [3.05, 3.63) is 76.1 Å². The molecule has 0 atom stereocenters. The van der Waals surface area contributed by atoms with Crippen LogP contribution in [0, 0.1) is 6.92 Å². The number of esters is 1. The third-order valence-corrected chi connectivity index (χ3v) is 4.58. The number of pyridine rings is 1. The van der Waals surface area contributed by atoms with Gasteiger partial charge in [0.25, 0.3) is 0 Å². The highest BCUT2D eigenvalue weighted by atomic mass is 16.5. The second-order valence-electron chi connectivity index (χ2n) is 6.94. The van der Waals surface area contributed by atoms with Crippen molar-refractivity contribution >= 4 is 28.5 Å². The Morgan fingerprint density at radius 1 is 1.07 bits per heavy atom. The molecule has 150 valence electrons. The first-order valence-electron chi connectivity index (χ1n) is 9.65. The van der Waals surface area contributed by atoms with Gasteiger partial charge < -0.3 is 14.6 Å². The number of carbonyl (C=O) groups excluding carboxylic acids is 2. The maximum atomic E-state index is 12.5. The van der Waals surface area contributed by atoms with E-state index in [1.54, 1.807) is 35.0 Å². The summed E-state index contributed by atoms with van der Waals surface area (Å²) in [5.74, 6) is -0.597. The van der Waals surface area contributed by atoms with E-state index in [1.807, 2.05) is 32.0 Å². The minimum Gasteiger partial charge on any atom is -0.462 e. The fourth-order valence-electron chi connectivity index (χ4n) is 3.00. The lowest BCUT2D eigenvalue weighted by Gasteiger charge is -2.12. The van der Waals surface area contributed by atoms with Gasteiger partial charge in [-0.1, -0.05) is 25.0 Å². The lowest BCUT2D eigenvalue weighted by molar-refractivity contribution is -0.116. The topological polar surface area (TPSA) is 77.4 Å². The van der Waals surface area contributed by atoms with Gasteiger partial charge in [0.05, 0.1) is 17.7 Å². The number of carbonyl (C=O) groups is 2. The van der Waals surface area contributed by atoms with Gasteiger partial charge in [0.15, 0.2) is 5.43 Å². The predicted octanol–water partition coefficient (Wildman–Crippen LogP) is 3.91. The van der Waals surface area contributed by atoms with Crippen LogP contribution in [0.5, 0.6) is 0 Å². The Morgan fingerprint density at radius 2 is 1.83 bits per heavy atom. The number of aryl methyl sites for hydroxylation is 1. The molecule has 1 amide bonds. The third kappa shape index (κ3) is 5.10. The zero-order chi connectivity index (χ0) is 20.8. The Balaban J connectivity index is 1.67. The molecule has 0 fully saturated rings. The van der Waals surface area contributed by atoms with Crippen LogP contribution in [0.2, 0.25) is 0 Å². The van der Waals surface area contributed by atoms with Crippen LogP contribution in [0.4, 0.5) is 5.69 Å². The molecule has 1 heterocycles. The average Bonchev–Trinajstić information content (AvgIpc) is 2.71. The highest BCUT2D eigenvalue weighted by molar-refractivity contribution is 5.93. The molecule has 0 bridgehead atoms. The summed E-state index contributed by atoms with van der Waals surface area (Å²) in [7, 11) is 0. The van der Waals surface area contributed by atoms with E-state index in [0.29, 0.717) is 28.8 Å². The molecule has 0 spiro atoms. The summed E-state index contributed by atoms with van der Waals surface area (Å²) >= 11 is 0. The van der Waals surface area contributed by atoms with Crippen molar-refractivity contribution in [3.63, 3.8) is 0 Å². The number of benzene rings is 2. The lowest BCUT2D eigenvalue weighted by atomic mass is 10.1. The van der Waals surface area contributed by atoms with Crippen molar-refractivity contribution in [2.75, 3.05) is 11.9 Å². The molecule has 3 rings (SSSR count). The molecule has 3 aromatic rings. The number of ether oxygens (including phenoxy) is 1. The summed E-state index contributed by atoms with van der Waals surface area (Å²) in [6, 6.07) is 13.6. The average molecular weight is 392 g/mol. The lowest BCUT2D eigenvalue weighted by Crippen LogP contribution is -2.20. The smallest absolute Gasteiger partial charge is 0.338 e. The van der Waals surface area contributed by atoms with E-state index >= 15 is 0 Å². The minimum absolute atomic E-state index is 0.0678. The second-order valence-corrected chi connectivity index (χ2v) is 6.94. The summed E-state index contributed by atoms with van der Waals surface area (Å²) in [4.78, 5) is 36.5. The zero-order valence-corrected chi connectivity index (χ0v) is 16.6. The van der Waals surface area contributed by atoms with Crippen molar-refractivity contribution in [1.82, 2.24) is 4.57 Å². The number of rotatable bonds is 7. The predicted molar refractivity (Wildman–Crippen MR) is 113 cm³/mol. The molecule has 0 saturated carbocycles. The second kappa shape index (κ2) is 9.19. The van der Waals surface area contributed by atoms with E-state index in [1.165, 1.54) is 6.07 Å². The first-order chi connectivity index (χ1) is 14.0. The quantitative estimate of drug-likeness (QED) is 0.489. The van der Waals surface area contributed by atoms with Crippen LogP contribution >= 0.6 is 0 Å². The summed E-state index contributed by atoms with van der Waals surface area (Å²) < 4.78 is 6.91. The Bertz CT molecular complexity index is 1080. The summed E-state index contributed by atoms with van der Waals surface area (Å²) in [6.45, 7) is 4.43. The van der Waals surface area contributed by atoms with E-state index in [0.717, 1.165) is 18.4 Å². The molecule has 1 N–H and O–H groups in total. The van der Waals surface area contributed by atoms with Gasteiger partial charge >= 0.3 is 5.97 Å². The molecule has 0 saturated heterocycles. The van der Waals surface area contributed by atoms with Crippen molar-refractivity contribution in [1.29, 1.82) is 0 Å². The van der Waals surface area contributed by atoms with Crippen LogP contribution in [0.3, 0.4) is 0 Å². The first-order valence-corrected chi connectivity index (χ1v) is 9.65. The Labute approximate surface area is 169 Å². The molecule has 0 aliphatic rings. The standard InChI is InChI=1S/C23H24N2O4/c1-3-4-13-29-23(28)17-6-8-18(9-7-17)24-22(27)15-25-12-11-21(26)19-14-16(2)5-10-20(19)25/h5-12,14H,3-4,13,15H2,1-2H3,(H,24,27). The molecular weight excluding hydrogens is 368 g/mol. The fraction of sp³-hybridized carbons (Fsp3) is 0.261. The molecule has 6 nitrogen and oxygen atoms in total. The molecule has 6 heteroatoms. The Kier molecular flexibility index (Phi) is 6.44. The van der Waals surface area contributed by atoms with Gasteiger partial charge in [-0.05, 0) is 49.7 Å². The molecule has 0 radical (unpaired) electrons. The maximum absolute atomic E-state index is 12.5. The summed E-state index contributed by atoms with van der Waals surface area (Å²) in [5.41, 5.74) is 2.66. The van der Waals surface area contributed by atoms with Gasteiger partial charge in [0.1, 0.15) is 6.54 Å². The van der Waals surface area contributed by atoms with Crippen LogP contribution < -0.4 is 10.7 Å². The van der Waals surface area contributed by atoms with Crippen molar-refractivity contribution in [3.8, 4) is 0 Å².